The summed E-state index contributed by atoms with van der Waals surface area (Å²) in [4.78, 5) is 27.1. The highest BCUT2D eigenvalue weighted by atomic mass is 16.5. The molecule has 1 heterocycles. The van der Waals surface area contributed by atoms with Gasteiger partial charge in [-0.3, -0.25) is 14.5 Å². The number of methoxy groups -OCH3 is 1. The lowest BCUT2D eigenvalue weighted by Crippen LogP contribution is -2.50. The van der Waals surface area contributed by atoms with Crippen LogP contribution >= 0.6 is 0 Å². The first kappa shape index (κ1) is 16.9. The van der Waals surface area contributed by atoms with E-state index in [-0.39, 0.29) is 18.0 Å². The first-order valence-corrected chi connectivity index (χ1v) is 7.25. The van der Waals surface area contributed by atoms with Crippen molar-refractivity contribution in [1.82, 2.24) is 9.80 Å². The van der Waals surface area contributed by atoms with E-state index in [0.29, 0.717) is 19.4 Å². The second-order valence-corrected chi connectivity index (χ2v) is 5.06. The Morgan fingerprint density at radius 1 is 1.15 bits per heavy atom. The van der Waals surface area contributed by atoms with Crippen LogP contribution in [0.2, 0.25) is 0 Å². The van der Waals surface area contributed by atoms with Gasteiger partial charge in [0, 0.05) is 38.8 Å². The summed E-state index contributed by atoms with van der Waals surface area (Å²) in [6.45, 7) is 8.74. The molecule has 116 valence electrons. The molecule has 1 rings (SSSR count). The first-order chi connectivity index (χ1) is 9.56. The monoisotopic (exact) mass is 286 g/mol. The molecule has 0 aliphatic carbocycles. The number of carbonyl (C=O) groups excluding carboxylic acids is 2. The van der Waals surface area contributed by atoms with Gasteiger partial charge in [0.2, 0.25) is 0 Å². The molecular weight excluding hydrogens is 260 g/mol. The molecular formula is C14H26N2O4. The van der Waals surface area contributed by atoms with Crippen molar-refractivity contribution < 1.29 is 19.1 Å². The van der Waals surface area contributed by atoms with Crippen LogP contribution in [0.5, 0.6) is 0 Å². The van der Waals surface area contributed by atoms with E-state index in [1.807, 2.05) is 6.92 Å². The van der Waals surface area contributed by atoms with Crippen molar-refractivity contribution in [2.45, 2.75) is 32.7 Å². The standard InChI is InChI=1S/C14H26N2O4/c1-4-20-14(18)11-12(2)16-9-7-15(8-10-16)6-5-13(17)19-3/h12H,4-11H2,1-3H3. The molecule has 0 aromatic heterocycles. The number of esters is 2. The van der Waals surface area contributed by atoms with E-state index < -0.39 is 0 Å². The number of piperazine rings is 1. The topological polar surface area (TPSA) is 59.1 Å². The van der Waals surface area contributed by atoms with E-state index >= 15 is 0 Å². The lowest BCUT2D eigenvalue weighted by atomic mass is 10.1. The Labute approximate surface area is 121 Å². The Morgan fingerprint density at radius 2 is 1.80 bits per heavy atom. The largest absolute Gasteiger partial charge is 0.469 e. The van der Waals surface area contributed by atoms with E-state index in [9.17, 15) is 9.59 Å². The van der Waals surface area contributed by atoms with Crippen LogP contribution in [0.4, 0.5) is 0 Å². The third-order valence-electron chi connectivity index (χ3n) is 3.66. The summed E-state index contributed by atoms with van der Waals surface area (Å²) in [7, 11) is 1.41. The van der Waals surface area contributed by atoms with Crippen molar-refractivity contribution in [1.29, 1.82) is 0 Å². The molecule has 1 aliphatic rings. The molecule has 0 aromatic rings. The molecule has 1 saturated heterocycles. The average Bonchev–Trinajstić information content (AvgIpc) is 2.45. The van der Waals surface area contributed by atoms with Gasteiger partial charge < -0.3 is 14.4 Å². The number of rotatable bonds is 7. The highest BCUT2D eigenvalue weighted by molar-refractivity contribution is 5.70. The van der Waals surface area contributed by atoms with Gasteiger partial charge in [0.1, 0.15) is 0 Å². The van der Waals surface area contributed by atoms with Gasteiger partial charge in [0.05, 0.1) is 26.6 Å². The predicted octanol–water partition coefficient (Wildman–Crippen LogP) is 0.509. The third kappa shape index (κ3) is 5.88. The van der Waals surface area contributed by atoms with Crippen LogP contribution in [0.15, 0.2) is 0 Å². The maximum Gasteiger partial charge on any atom is 0.307 e. The van der Waals surface area contributed by atoms with Gasteiger partial charge in [0.15, 0.2) is 0 Å². The number of ether oxygens (including phenoxy) is 2. The molecule has 0 radical (unpaired) electrons. The van der Waals surface area contributed by atoms with Gasteiger partial charge in [-0.25, -0.2) is 0 Å². The Hall–Kier alpha value is -1.14. The predicted molar refractivity (Wildman–Crippen MR) is 75.4 cm³/mol. The Morgan fingerprint density at radius 3 is 2.35 bits per heavy atom. The third-order valence-corrected chi connectivity index (χ3v) is 3.66. The van der Waals surface area contributed by atoms with Crippen LogP contribution in [0, 0.1) is 0 Å². The fourth-order valence-corrected chi connectivity index (χ4v) is 2.37. The zero-order valence-electron chi connectivity index (χ0n) is 12.8. The van der Waals surface area contributed by atoms with Crippen molar-refractivity contribution in [3.63, 3.8) is 0 Å². The summed E-state index contributed by atoms with van der Waals surface area (Å²) in [5.41, 5.74) is 0. The van der Waals surface area contributed by atoms with Gasteiger partial charge in [0.25, 0.3) is 0 Å². The average molecular weight is 286 g/mol. The molecule has 6 nitrogen and oxygen atoms in total. The van der Waals surface area contributed by atoms with Gasteiger partial charge in [-0.1, -0.05) is 0 Å². The van der Waals surface area contributed by atoms with E-state index in [2.05, 4.69) is 21.5 Å². The smallest absolute Gasteiger partial charge is 0.307 e. The quantitative estimate of drug-likeness (QED) is 0.636. The van der Waals surface area contributed by atoms with Crippen molar-refractivity contribution in [3.8, 4) is 0 Å². The zero-order valence-corrected chi connectivity index (χ0v) is 12.8. The lowest BCUT2D eigenvalue weighted by Gasteiger charge is -2.37. The fraction of sp³-hybridized carbons (Fsp3) is 0.857. The summed E-state index contributed by atoms with van der Waals surface area (Å²) in [6.07, 6.45) is 0.880. The summed E-state index contributed by atoms with van der Waals surface area (Å²) >= 11 is 0. The van der Waals surface area contributed by atoms with Crippen LogP contribution in [-0.4, -0.2) is 74.2 Å². The van der Waals surface area contributed by atoms with E-state index in [1.54, 1.807) is 0 Å². The van der Waals surface area contributed by atoms with Crippen LogP contribution in [0.25, 0.3) is 0 Å². The van der Waals surface area contributed by atoms with Crippen LogP contribution < -0.4 is 0 Å². The minimum atomic E-state index is -0.164. The minimum Gasteiger partial charge on any atom is -0.469 e. The summed E-state index contributed by atoms with van der Waals surface area (Å²) in [5, 5.41) is 0. The Balaban J connectivity index is 2.24. The minimum absolute atomic E-state index is 0.131. The zero-order chi connectivity index (χ0) is 15.0. The molecule has 0 saturated carbocycles. The number of hydrogen-bond acceptors (Lipinski definition) is 6. The van der Waals surface area contributed by atoms with Gasteiger partial charge in [-0.2, -0.15) is 0 Å². The summed E-state index contributed by atoms with van der Waals surface area (Å²) in [5.74, 6) is -0.295. The van der Waals surface area contributed by atoms with Gasteiger partial charge in [-0.15, -0.1) is 0 Å². The molecule has 0 amide bonds. The fourth-order valence-electron chi connectivity index (χ4n) is 2.37. The SMILES string of the molecule is CCOC(=O)CC(C)N1CCN(CCC(=O)OC)CC1. The maximum absolute atomic E-state index is 11.5. The second kappa shape index (κ2) is 8.92. The van der Waals surface area contributed by atoms with Crippen molar-refractivity contribution >= 4 is 11.9 Å². The molecule has 0 aromatic carbocycles. The van der Waals surface area contributed by atoms with Crippen LogP contribution in [-0.2, 0) is 19.1 Å². The second-order valence-electron chi connectivity index (χ2n) is 5.06. The molecule has 20 heavy (non-hydrogen) atoms. The highest BCUT2D eigenvalue weighted by Gasteiger charge is 2.23. The van der Waals surface area contributed by atoms with Gasteiger partial charge in [-0.05, 0) is 13.8 Å². The maximum atomic E-state index is 11.5. The van der Waals surface area contributed by atoms with E-state index in [0.717, 1.165) is 32.7 Å². The summed E-state index contributed by atoms with van der Waals surface area (Å²) < 4.78 is 9.61. The highest BCUT2D eigenvalue weighted by Crippen LogP contribution is 2.10. The van der Waals surface area contributed by atoms with Crippen molar-refractivity contribution in [2.75, 3.05) is 46.4 Å². The number of hydrogen-bond donors (Lipinski definition) is 0. The van der Waals surface area contributed by atoms with E-state index in [4.69, 9.17) is 4.74 Å². The molecule has 1 atom stereocenters. The van der Waals surface area contributed by atoms with Crippen molar-refractivity contribution in [2.24, 2.45) is 0 Å². The molecule has 1 aliphatic heterocycles. The van der Waals surface area contributed by atoms with Gasteiger partial charge >= 0.3 is 11.9 Å². The van der Waals surface area contributed by atoms with E-state index in [1.165, 1.54) is 7.11 Å². The molecule has 0 bridgehead atoms. The van der Waals surface area contributed by atoms with Crippen LogP contribution in [0.1, 0.15) is 26.7 Å². The summed E-state index contributed by atoms with van der Waals surface area (Å²) in [6, 6.07) is 0.205. The molecule has 1 fully saturated rings. The first-order valence-electron chi connectivity index (χ1n) is 7.25. The molecule has 0 spiro atoms. The van der Waals surface area contributed by atoms with Crippen LogP contribution in [0.3, 0.4) is 0 Å². The molecule has 6 heteroatoms. The lowest BCUT2D eigenvalue weighted by molar-refractivity contribution is -0.145. The Kier molecular flexibility index (Phi) is 7.54. The number of carbonyl (C=O) groups is 2. The Bertz CT molecular complexity index is 314. The normalized spacial score (nSPS) is 18.6. The molecule has 1 unspecified atom stereocenters. The van der Waals surface area contributed by atoms with Crippen molar-refractivity contribution in [3.05, 3.63) is 0 Å². The molecule has 0 N–H and O–H groups in total. The number of nitrogens with zero attached hydrogens (tertiary/aromatic N) is 2.